The minimum atomic E-state index is -0.768. The molecule has 0 aromatic carbocycles. The van der Waals surface area contributed by atoms with E-state index in [4.69, 9.17) is 4.42 Å². The minimum Gasteiger partial charge on any atom is -0.511 e. The summed E-state index contributed by atoms with van der Waals surface area (Å²) in [6.07, 6.45) is 3.38. The fraction of sp³-hybridized carbons (Fsp3) is 0.417. The van der Waals surface area contributed by atoms with Crippen molar-refractivity contribution < 1.29 is 14.6 Å². The Labute approximate surface area is 91.1 Å². The number of hydrogen-bond donors (Lipinski definition) is 2. The largest absolute Gasteiger partial charge is 0.511 e. The topological polar surface area (TPSA) is 70.7 Å². The standard InChI is InChI=1S/C12H12O4/c13-6-4-9(14)11-7-2-1-3-8(7)12(15)16-10(11)5-6/h5-6,13-14H,1-4H2. The van der Waals surface area contributed by atoms with Crippen LogP contribution in [-0.2, 0) is 12.8 Å². The Balaban J connectivity index is 2.50. The molecule has 2 aliphatic rings. The Morgan fingerprint density at radius 3 is 2.88 bits per heavy atom. The van der Waals surface area contributed by atoms with E-state index in [9.17, 15) is 15.0 Å². The second-order valence-corrected chi connectivity index (χ2v) is 4.32. The fourth-order valence-electron chi connectivity index (χ4n) is 2.57. The number of hydrogen-bond acceptors (Lipinski definition) is 4. The van der Waals surface area contributed by atoms with E-state index < -0.39 is 6.10 Å². The Kier molecular flexibility index (Phi) is 1.94. The third-order valence-corrected chi connectivity index (χ3v) is 3.25. The van der Waals surface area contributed by atoms with Gasteiger partial charge in [-0.15, -0.1) is 0 Å². The summed E-state index contributed by atoms with van der Waals surface area (Å²) in [5.41, 5.74) is 1.59. The Hall–Kier alpha value is -1.55. The molecular formula is C12H12O4. The Bertz CT molecular complexity index is 624. The average Bonchev–Trinajstić information content (AvgIpc) is 2.65. The first-order chi connectivity index (χ1) is 7.66. The molecule has 84 valence electrons. The fourth-order valence-corrected chi connectivity index (χ4v) is 2.57. The van der Waals surface area contributed by atoms with Gasteiger partial charge in [0, 0.05) is 12.0 Å². The van der Waals surface area contributed by atoms with E-state index in [0.29, 0.717) is 16.2 Å². The summed E-state index contributed by atoms with van der Waals surface area (Å²) >= 11 is 0. The summed E-state index contributed by atoms with van der Waals surface area (Å²) in [7, 11) is 0. The second kappa shape index (κ2) is 3.22. The maximum Gasteiger partial charge on any atom is 0.339 e. The van der Waals surface area contributed by atoms with Crippen molar-refractivity contribution in [1.29, 1.82) is 0 Å². The van der Waals surface area contributed by atoms with Crippen molar-refractivity contribution in [3.8, 4) is 0 Å². The van der Waals surface area contributed by atoms with Gasteiger partial charge >= 0.3 is 5.63 Å². The van der Waals surface area contributed by atoms with Gasteiger partial charge in [0.05, 0.1) is 11.3 Å². The molecule has 0 amide bonds. The Morgan fingerprint density at radius 1 is 1.31 bits per heavy atom. The smallest absolute Gasteiger partial charge is 0.339 e. The molecule has 0 aliphatic heterocycles. The number of rotatable bonds is 0. The third-order valence-electron chi connectivity index (χ3n) is 3.25. The molecule has 16 heavy (non-hydrogen) atoms. The van der Waals surface area contributed by atoms with Gasteiger partial charge in [0.1, 0.15) is 11.2 Å². The van der Waals surface area contributed by atoms with Crippen molar-refractivity contribution in [2.24, 2.45) is 0 Å². The summed E-state index contributed by atoms with van der Waals surface area (Å²) in [6, 6.07) is 0. The van der Waals surface area contributed by atoms with Crippen LogP contribution in [0.3, 0.4) is 0 Å². The predicted octanol–water partition coefficient (Wildman–Crippen LogP) is -0.660. The van der Waals surface area contributed by atoms with Crippen LogP contribution in [0.5, 0.6) is 0 Å². The Morgan fingerprint density at radius 2 is 2.06 bits per heavy atom. The lowest BCUT2D eigenvalue weighted by molar-refractivity contribution is 0.227. The van der Waals surface area contributed by atoms with Gasteiger partial charge in [0.15, 0.2) is 0 Å². The van der Waals surface area contributed by atoms with Gasteiger partial charge in [-0.1, -0.05) is 0 Å². The first kappa shape index (κ1) is 9.66. The van der Waals surface area contributed by atoms with E-state index in [1.54, 1.807) is 0 Å². The molecule has 2 N–H and O–H groups in total. The molecule has 4 nitrogen and oxygen atoms in total. The normalized spacial score (nSPS) is 22.6. The maximum absolute atomic E-state index is 11.6. The average molecular weight is 220 g/mol. The van der Waals surface area contributed by atoms with Gasteiger partial charge in [-0.3, -0.25) is 0 Å². The van der Waals surface area contributed by atoms with Crippen molar-refractivity contribution in [2.75, 3.05) is 0 Å². The van der Waals surface area contributed by atoms with Crippen LogP contribution in [0.15, 0.2) is 9.21 Å². The SMILES string of the molecule is O=c1oc2c(c3c1CCC3)=C(O)CC(O)C=2. The van der Waals surface area contributed by atoms with E-state index >= 15 is 0 Å². The molecule has 0 radical (unpaired) electrons. The molecular weight excluding hydrogens is 208 g/mol. The van der Waals surface area contributed by atoms with Crippen LogP contribution < -0.4 is 16.3 Å². The second-order valence-electron chi connectivity index (χ2n) is 4.32. The molecule has 1 aromatic rings. The summed E-state index contributed by atoms with van der Waals surface area (Å²) in [4.78, 5) is 11.6. The molecule has 1 atom stereocenters. The number of aliphatic hydroxyl groups excluding tert-OH is 2. The van der Waals surface area contributed by atoms with Gasteiger partial charge in [-0.25, -0.2) is 4.79 Å². The number of aliphatic hydroxyl groups is 2. The van der Waals surface area contributed by atoms with Gasteiger partial charge < -0.3 is 14.6 Å². The third kappa shape index (κ3) is 1.23. The maximum atomic E-state index is 11.6. The zero-order valence-electron chi connectivity index (χ0n) is 8.69. The molecule has 0 spiro atoms. The molecule has 0 saturated carbocycles. The number of fused-ring (bicyclic) bond motifs is 3. The van der Waals surface area contributed by atoms with Crippen molar-refractivity contribution in [2.45, 2.75) is 31.8 Å². The minimum absolute atomic E-state index is 0.131. The molecule has 1 aromatic heterocycles. The van der Waals surface area contributed by atoms with Gasteiger partial charge in [-0.2, -0.15) is 0 Å². The van der Waals surface area contributed by atoms with Crippen molar-refractivity contribution in [3.63, 3.8) is 0 Å². The van der Waals surface area contributed by atoms with E-state index in [1.165, 1.54) is 6.08 Å². The van der Waals surface area contributed by atoms with Crippen molar-refractivity contribution >= 4 is 11.8 Å². The quantitative estimate of drug-likeness (QED) is 0.609. The molecule has 1 heterocycles. The lowest BCUT2D eigenvalue weighted by Gasteiger charge is -2.11. The molecule has 1 unspecified atom stereocenters. The zero-order valence-corrected chi connectivity index (χ0v) is 8.69. The van der Waals surface area contributed by atoms with E-state index in [0.717, 1.165) is 24.8 Å². The van der Waals surface area contributed by atoms with Crippen LogP contribution in [0.1, 0.15) is 24.0 Å². The van der Waals surface area contributed by atoms with Gasteiger partial charge in [0.25, 0.3) is 0 Å². The molecule has 2 aliphatic carbocycles. The van der Waals surface area contributed by atoms with Crippen LogP contribution in [0.25, 0.3) is 11.8 Å². The van der Waals surface area contributed by atoms with Gasteiger partial charge in [-0.05, 0) is 30.9 Å². The predicted molar refractivity (Wildman–Crippen MR) is 57.4 cm³/mol. The van der Waals surface area contributed by atoms with Crippen LogP contribution >= 0.6 is 0 Å². The van der Waals surface area contributed by atoms with Crippen molar-refractivity contribution in [3.05, 3.63) is 32.2 Å². The molecule has 0 fully saturated rings. The molecule has 3 rings (SSSR count). The first-order valence-corrected chi connectivity index (χ1v) is 5.44. The molecule has 4 heteroatoms. The van der Waals surface area contributed by atoms with Crippen LogP contribution in [0, 0.1) is 0 Å². The highest BCUT2D eigenvalue weighted by Crippen LogP contribution is 2.16. The highest BCUT2D eigenvalue weighted by molar-refractivity contribution is 5.49. The van der Waals surface area contributed by atoms with E-state index in [-0.39, 0.29) is 17.8 Å². The lowest BCUT2D eigenvalue weighted by Crippen LogP contribution is -2.40. The van der Waals surface area contributed by atoms with Crippen LogP contribution in [0.2, 0.25) is 0 Å². The lowest BCUT2D eigenvalue weighted by atomic mass is 10.0. The zero-order chi connectivity index (χ0) is 11.3. The molecule has 0 saturated heterocycles. The summed E-state index contributed by atoms with van der Waals surface area (Å²) in [6.45, 7) is 0. The van der Waals surface area contributed by atoms with E-state index in [2.05, 4.69) is 0 Å². The molecule has 0 bridgehead atoms. The van der Waals surface area contributed by atoms with Gasteiger partial charge in [0.2, 0.25) is 0 Å². The monoisotopic (exact) mass is 220 g/mol. The van der Waals surface area contributed by atoms with Crippen LogP contribution in [0.4, 0.5) is 0 Å². The van der Waals surface area contributed by atoms with Crippen LogP contribution in [-0.4, -0.2) is 16.3 Å². The summed E-state index contributed by atoms with van der Waals surface area (Å²) in [5.74, 6) is 0.131. The summed E-state index contributed by atoms with van der Waals surface area (Å²) in [5, 5.41) is 20.0. The van der Waals surface area contributed by atoms with Crippen molar-refractivity contribution in [1.82, 2.24) is 0 Å². The van der Waals surface area contributed by atoms with E-state index in [1.807, 2.05) is 0 Å². The first-order valence-electron chi connectivity index (χ1n) is 5.44. The summed E-state index contributed by atoms with van der Waals surface area (Å²) < 4.78 is 5.13. The highest BCUT2D eigenvalue weighted by atomic mass is 16.4. The highest BCUT2D eigenvalue weighted by Gasteiger charge is 2.22.